The summed E-state index contributed by atoms with van der Waals surface area (Å²) in [5.74, 6) is -3.34. The van der Waals surface area contributed by atoms with E-state index in [0.29, 0.717) is 16.7 Å². The van der Waals surface area contributed by atoms with Gasteiger partial charge in [0.15, 0.2) is 12.4 Å². The van der Waals surface area contributed by atoms with Gasteiger partial charge < -0.3 is 19.5 Å². The standard InChI is InChI=1S/C29H35NO8/c1-5-8-21-11-15-24(16-12-21)26(33)38-19-25(32)23-13-9-22(10-14-23)17-18-29(30-20(4)31,27(34)36-6-2)28(35)37-7-3/h9-16H,5-8,17-19H2,1-4H3,(H,30,31). The van der Waals surface area contributed by atoms with Gasteiger partial charge in [0, 0.05) is 12.5 Å². The van der Waals surface area contributed by atoms with Gasteiger partial charge >= 0.3 is 17.9 Å². The molecule has 9 nitrogen and oxygen atoms in total. The number of amides is 1. The van der Waals surface area contributed by atoms with Crippen LogP contribution in [0.25, 0.3) is 0 Å². The number of rotatable bonds is 14. The molecule has 0 heterocycles. The number of carbonyl (C=O) groups excluding carboxylic acids is 5. The molecule has 0 atom stereocenters. The molecule has 0 aliphatic heterocycles. The molecule has 0 unspecified atom stereocenters. The summed E-state index contributed by atoms with van der Waals surface area (Å²) in [5, 5.41) is 2.42. The van der Waals surface area contributed by atoms with Crippen molar-refractivity contribution in [2.24, 2.45) is 0 Å². The van der Waals surface area contributed by atoms with Gasteiger partial charge in [0.05, 0.1) is 18.8 Å². The molecule has 2 aromatic rings. The van der Waals surface area contributed by atoms with Crippen molar-refractivity contribution in [3.05, 3.63) is 70.8 Å². The van der Waals surface area contributed by atoms with Gasteiger partial charge in [0.25, 0.3) is 0 Å². The van der Waals surface area contributed by atoms with E-state index in [1.807, 2.05) is 12.1 Å². The number of esters is 3. The predicted molar refractivity (Wildman–Crippen MR) is 140 cm³/mol. The Labute approximate surface area is 222 Å². The zero-order valence-electron chi connectivity index (χ0n) is 22.3. The molecule has 0 spiro atoms. The molecule has 1 N–H and O–H groups in total. The SMILES string of the molecule is CCCc1ccc(C(=O)OCC(=O)c2ccc(CCC(NC(C)=O)(C(=O)OCC)C(=O)OCC)cc2)cc1. The van der Waals surface area contributed by atoms with Crippen LogP contribution < -0.4 is 5.32 Å². The van der Waals surface area contributed by atoms with Crippen molar-refractivity contribution in [3.63, 3.8) is 0 Å². The Balaban J connectivity index is 2.05. The highest BCUT2D eigenvalue weighted by Crippen LogP contribution is 2.20. The Morgan fingerprint density at radius 1 is 0.711 bits per heavy atom. The zero-order valence-corrected chi connectivity index (χ0v) is 22.3. The quantitative estimate of drug-likeness (QED) is 0.172. The Kier molecular flexibility index (Phi) is 11.7. The Morgan fingerprint density at radius 2 is 1.21 bits per heavy atom. The lowest BCUT2D eigenvalue weighted by molar-refractivity contribution is -0.168. The molecule has 0 aromatic heterocycles. The highest BCUT2D eigenvalue weighted by molar-refractivity contribution is 6.07. The van der Waals surface area contributed by atoms with Crippen molar-refractivity contribution < 1.29 is 38.2 Å². The Hall–Kier alpha value is -4.01. The van der Waals surface area contributed by atoms with Crippen molar-refractivity contribution in [1.29, 1.82) is 0 Å². The van der Waals surface area contributed by atoms with Crippen LogP contribution in [0.15, 0.2) is 48.5 Å². The number of benzene rings is 2. The zero-order chi connectivity index (χ0) is 28.1. The fraction of sp³-hybridized carbons (Fsp3) is 0.414. The molecule has 1 amide bonds. The molecule has 0 aliphatic rings. The van der Waals surface area contributed by atoms with Crippen LogP contribution >= 0.6 is 0 Å². The van der Waals surface area contributed by atoms with E-state index in [1.165, 1.54) is 6.92 Å². The lowest BCUT2D eigenvalue weighted by Crippen LogP contribution is -2.61. The number of Topliss-reactive ketones (excluding diaryl/α,β-unsaturated/α-hetero) is 1. The summed E-state index contributed by atoms with van der Waals surface area (Å²) in [6.45, 7) is 6.09. The molecule has 0 saturated carbocycles. The largest absolute Gasteiger partial charge is 0.464 e. The summed E-state index contributed by atoms with van der Waals surface area (Å²) >= 11 is 0. The number of carbonyl (C=O) groups is 5. The number of ketones is 1. The van der Waals surface area contributed by atoms with Crippen molar-refractivity contribution in [3.8, 4) is 0 Å². The van der Waals surface area contributed by atoms with Crippen LogP contribution in [0, 0.1) is 0 Å². The van der Waals surface area contributed by atoms with Gasteiger partial charge in [-0.25, -0.2) is 14.4 Å². The molecule has 2 rings (SSSR count). The van der Waals surface area contributed by atoms with Crippen molar-refractivity contribution >= 4 is 29.6 Å². The van der Waals surface area contributed by atoms with Crippen molar-refractivity contribution in [2.75, 3.05) is 19.8 Å². The third kappa shape index (κ3) is 8.26. The molecule has 0 radical (unpaired) electrons. The fourth-order valence-corrected chi connectivity index (χ4v) is 3.84. The third-order valence-corrected chi connectivity index (χ3v) is 5.76. The summed E-state index contributed by atoms with van der Waals surface area (Å²) in [4.78, 5) is 62.1. The van der Waals surface area contributed by atoms with Gasteiger partial charge in [-0.3, -0.25) is 9.59 Å². The maximum absolute atomic E-state index is 12.7. The average molecular weight is 526 g/mol. The maximum Gasteiger partial charge on any atom is 0.343 e. The number of ether oxygens (including phenoxy) is 3. The lowest BCUT2D eigenvalue weighted by atomic mass is 9.90. The number of hydrogen-bond acceptors (Lipinski definition) is 8. The molecule has 204 valence electrons. The van der Waals surface area contributed by atoms with Crippen LogP contribution in [0.1, 0.15) is 72.4 Å². The maximum atomic E-state index is 12.7. The molecule has 0 fully saturated rings. The van der Waals surface area contributed by atoms with Gasteiger partial charge in [-0.1, -0.05) is 49.7 Å². The molecular weight excluding hydrogens is 490 g/mol. The van der Waals surface area contributed by atoms with Crippen LogP contribution in [-0.4, -0.2) is 55.0 Å². The second kappa shape index (κ2) is 14.7. The lowest BCUT2D eigenvalue weighted by Gasteiger charge is -2.29. The molecule has 2 aromatic carbocycles. The van der Waals surface area contributed by atoms with E-state index in [4.69, 9.17) is 14.2 Å². The normalized spacial score (nSPS) is 10.8. The van der Waals surface area contributed by atoms with E-state index in [0.717, 1.165) is 18.4 Å². The van der Waals surface area contributed by atoms with Gasteiger partial charge in [0.1, 0.15) is 0 Å². The molecule has 9 heteroatoms. The van der Waals surface area contributed by atoms with Crippen molar-refractivity contribution in [2.45, 2.75) is 58.9 Å². The Morgan fingerprint density at radius 3 is 1.68 bits per heavy atom. The molecule has 0 saturated heterocycles. The summed E-state index contributed by atoms with van der Waals surface area (Å²) in [7, 11) is 0. The number of nitrogens with one attached hydrogen (secondary N) is 1. The topological polar surface area (TPSA) is 125 Å². The first-order chi connectivity index (χ1) is 18.2. The molecule has 0 aliphatic carbocycles. The van der Waals surface area contributed by atoms with Gasteiger partial charge in [-0.2, -0.15) is 0 Å². The first-order valence-electron chi connectivity index (χ1n) is 12.7. The average Bonchev–Trinajstić information content (AvgIpc) is 2.90. The summed E-state index contributed by atoms with van der Waals surface area (Å²) in [6.07, 6.45) is 2.02. The molecule has 0 bridgehead atoms. The van der Waals surface area contributed by atoms with E-state index < -0.39 is 36.0 Å². The number of aryl methyl sites for hydroxylation is 2. The van der Waals surface area contributed by atoms with E-state index in [9.17, 15) is 24.0 Å². The first kappa shape index (κ1) is 30.2. The number of hydrogen-bond donors (Lipinski definition) is 1. The Bertz CT molecular complexity index is 1100. The van der Waals surface area contributed by atoms with E-state index in [-0.39, 0.29) is 31.8 Å². The van der Waals surface area contributed by atoms with Crippen LogP contribution in [0.2, 0.25) is 0 Å². The summed E-state index contributed by atoms with van der Waals surface area (Å²) in [5.41, 5.74) is 0.547. The van der Waals surface area contributed by atoms with Crippen LogP contribution in [0.5, 0.6) is 0 Å². The van der Waals surface area contributed by atoms with Crippen LogP contribution in [0.4, 0.5) is 0 Å². The van der Waals surface area contributed by atoms with E-state index >= 15 is 0 Å². The minimum absolute atomic E-state index is 0.0190. The minimum Gasteiger partial charge on any atom is -0.464 e. The molecular formula is C29H35NO8. The van der Waals surface area contributed by atoms with Crippen LogP contribution in [-0.2, 0) is 41.4 Å². The molecule has 38 heavy (non-hydrogen) atoms. The van der Waals surface area contributed by atoms with Gasteiger partial charge in [0.2, 0.25) is 11.4 Å². The fourth-order valence-electron chi connectivity index (χ4n) is 3.84. The first-order valence-corrected chi connectivity index (χ1v) is 12.7. The van der Waals surface area contributed by atoms with Crippen LogP contribution in [0.3, 0.4) is 0 Å². The second-order valence-electron chi connectivity index (χ2n) is 8.67. The minimum atomic E-state index is -1.99. The summed E-state index contributed by atoms with van der Waals surface area (Å²) in [6, 6.07) is 13.6. The summed E-state index contributed by atoms with van der Waals surface area (Å²) < 4.78 is 15.3. The van der Waals surface area contributed by atoms with E-state index in [1.54, 1.807) is 50.2 Å². The predicted octanol–water partition coefficient (Wildman–Crippen LogP) is 3.61. The van der Waals surface area contributed by atoms with Gasteiger partial charge in [-0.15, -0.1) is 0 Å². The smallest absolute Gasteiger partial charge is 0.343 e. The highest BCUT2D eigenvalue weighted by Gasteiger charge is 2.49. The second-order valence-corrected chi connectivity index (χ2v) is 8.67. The highest BCUT2D eigenvalue weighted by atomic mass is 16.6. The van der Waals surface area contributed by atoms with E-state index in [2.05, 4.69) is 12.2 Å². The van der Waals surface area contributed by atoms with Crippen molar-refractivity contribution in [1.82, 2.24) is 5.32 Å². The third-order valence-electron chi connectivity index (χ3n) is 5.76. The van der Waals surface area contributed by atoms with Gasteiger partial charge in [-0.05, 0) is 56.4 Å². The monoisotopic (exact) mass is 525 g/mol.